The Bertz CT molecular complexity index is 685. The van der Waals surface area contributed by atoms with Gasteiger partial charge in [-0.15, -0.1) is 0 Å². The topological polar surface area (TPSA) is 70.2 Å². The molecule has 1 aromatic carbocycles. The lowest BCUT2D eigenvalue weighted by Gasteiger charge is -2.16. The molecular weight excluding hydrogens is 310 g/mol. The van der Waals surface area contributed by atoms with E-state index < -0.39 is 6.04 Å². The van der Waals surface area contributed by atoms with E-state index in [-0.39, 0.29) is 11.9 Å². The van der Waals surface area contributed by atoms with Gasteiger partial charge in [-0.25, -0.2) is 4.79 Å². The van der Waals surface area contributed by atoms with Crippen molar-refractivity contribution in [1.29, 1.82) is 0 Å². The number of carbonyl (C=O) groups excluding carboxylic acids is 2. The van der Waals surface area contributed by atoms with Crippen LogP contribution in [0.5, 0.6) is 0 Å². The maximum atomic E-state index is 12.1. The van der Waals surface area contributed by atoms with Crippen LogP contribution in [0.3, 0.4) is 0 Å². The summed E-state index contributed by atoms with van der Waals surface area (Å²) in [5.74, 6) is -0.107. The third-order valence-corrected chi connectivity index (χ3v) is 4.50. The van der Waals surface area contributed by atoms with Gasteiger partial charge in [-0.05, 0) is 59.3 Å². The second-order valence-corrected chi connectivity index (χ2v) is 6.31. The number of urea groups is 1. The maximum Gasteiger partial charge on any atom is 0.319 e. The highest BCUT2D eigenvalue weighted by Crippen LogP contribution is 2.24. The van der Waals surface area contributed by atoms with Crippen LogP contribution in [0, 0.1) is 0 Å². The van der Waals surface area contributed by atoms with E-state index in [4.69, 9.17) is 0 Å². The summed E-state index contributed by atoms with van der Waals surface area (Å²) in [4.78, 5) is 24.0. The van der Waals surface area contributed by atoms with Crippen LogP contribution in [-0.2, 0) is 4.79 Å². The second kappa shape index (κ2) is 7.28. The summed E-state index contributed by atoms with van der Waals surface area (Å²) in [5.41, 5.74) is 2.89. The molecule has 0 spiro atoms. The van der Waals surface area contributed by atoms with Gasteiger partial charge in [-0.2, -0.15) is 11.3 Å². The SMILES string of the molecule is O=C(Nc1cccc(-c2ccsc2)c1)N[C@H]1CCCCNC1=O. The predicted molar refractivity (Wildman–Crippen MR) is 92.6 cm³/mol. The summed E-state index contributed by atoms with van der Waals surface area (Å²) in [5, 5.41) is 12.5. The van der Waals surface area contributed by atoms with Gasteiger partial charge in [0.15, 0.2) is 0 Å². The van der Waals surface area contributed by atoms with E-state index in [0.29, 0.717) is 18.7 Å². The van der Waals surface area contributed by atoms with Gasteiger partial charge in [0.2, 0.25) is 5.91 Å². The van der Waals surface area contributed by atoms with Crippen LogP contribution in [0.25, 0.3) is 11.1 Å². The molecule has 0 radical (unpaired) electrons. The van der Waals surface area contributed by atoms with Crippen molar-refractivity contribution in [3.8, 4) is 11.1 Å². The number of amides is 3. The standard InChI is InChI=1S/C17H19N3O2S/c21-16-15(6-1-2-8-18-16)20-17(22)19-14-5-3-4-12(10-14)13-7-9-23-11-13/h3-5,7,9-11,15H,1-2,6,8H2,(H,18,21)(H2,19,20,22)/t15-/m0/s1. The highest BCUT2D eigenvalue weighted by Gasteiger charge is 2.22. The Labute approximate surface area is 139 Å². The first-order valence-electron chi connectivity index (χ1n) is 7.70. The number of thiophene rings is 1. The molecule has 1 atom stereocenters. The van der Waals surface area contributed by atoms with Gasteiger partial charge >= 0.3 is 6.03 Å². The molecule has 0 saturated carbocycles. The number of hydrogen-bond donors (Lipinski definition) is 3. The molecule has 2 aromatic rings. The Balaban J connectivity index is 1.63. The van der Waals surface area contributed by atoms with Crippen molar-refractivity contribution in [1.82, 2.24) is 10.6 Å². The second-order valence-electron chi connectivity index (χ2n) is 5.53. The number of benzene rings is 1. The van der Waals surface area contributed by atoms with Crippen molar-refractivity contribution in [2.75, 3.05) is 11.9 Å². The summed E-state index contributed by atoms with van der Waals surface area (Å²) in [6.07, 6.45) is 2.56. The number of hydrogen-bond acceptors (Lipinski definition) is 3. The van der Waals surface area contributed by atoms with Crippen LogP contribution in [-0.4, -0.2) is 24.5 Å². The van der Waals surface area contributed by atoms with E-state index in [1.54, 1.807) is 11.3 Å². The summed E-state index contributed by atoms with van der Waals surface area (Å²) in [6.45, 7) is 0.682. The van der Waals surface area contributed by atoms with Crippen LogP contribution in [0.2, 0.25) is 0 Å². The summed E-state index contributed by atoms with van der Waals surface area (Å²) in [6, 6.07) is 8.90. The first-order valence-corrected chi connectivity index (χ1v) is 8.64. The summed E-state index contributed by atoms with van der Waals surface area (Å²) in [7, 11) is 0. The Morgan fingerprint density at radius 3 is 2.96 bits per heavy atom. The van der Waals surface area contributed by atoms with E-state index in [2.05, 4.69) is 21.3 Å². The molecule has 3 N–H and O–H groups in total. The van der Waals surface area contributed by atoms with Crippen LogP contribution in [0.1, 0.15) is 19.3 Å². The largest absolute Gasteiger partial charge is 0.354 e. The first kappa shape index (κ1) is 15.6. The molecule has 1 aliphatic rings. The minimum absolute atomic E-state index is 0.107. The lowest BCUT2D eigenvalue weighted by molar-refractivity contribution is -0.122. The third kappa shape index (κ3) is 4.10. The number of nitrogens with one attached hydrogen (secondary N) is 3. The normalized spacial score (nSPS) is 17.9. The maximum absolute atomic E-state index is 12.1. The van der Waals surface area contributed by atoms with Crippen LogP contribution < -0.4 is 16.0 Å². The van der Waals surface area contributed by atoms with Crippen LogP contribution in [0.15, 0.2) is 41.1 Å². The number of carbonyl (C=O) groups is 2. The monoisotopic (exact) mass is 329 g/mol. The minimum atomic E-state index is -0.461. The summed E-state index contributed by atoms with van der Waals surface area (Å²) >= 11 is 1.64. The zero-order chi connectivity index (χ0) is 16.1. The van der Waals surface area contributed by atoms with Crippen molar-refractivity contribution in [2.45, 2.75) is 25.3 Å². The highest BCUT2D eigenvalue weighted by molar-refractivity contribution is 7.08. The van der Waals surface area contributed by atoms with Crippen LogP contribution >= 0.6 is 11.3 Å². The molecule has 1 aliphatic heterocycles. The fourth-order valence-corrected chi connectivity index (χ4v) is 3.27. The van der Waals surface area contributed by atoms with Crippen molar-refractivity contribution in [3.05, 3.63) is 41.1 Å². The smallest absolute Gasteiger partial charge is 0.319 e. The molecule has 5 nitrogen and oxygen atoms in total. The number of rotatable bonds is 3. The Hall–Kier alpha value is -2.34. The molecule has 3 rings (SSSR count). The lowest BCUT2D eigenvalue weighted by atomic mass is 10.1. The third-order valence-electron chi connectivity index (χ3n) is 3.82. The van der Waals surface area contributed by atoms with Gasteiger partial charge in [-0.3, -0.25) is 4.79 Å². The minimum Gasteiger partial charge on any atom is -0.354 e. The number of anilines is 1. The lowest BCUT2D eigenvalue weighted by Crippen LogP contribution is -2.47. The zero-order valence-electron chi connectivity index (χ0n) is 12.7. The molecule has 1 fully saturated rings. The van der Waals surface area contributed by atoms with Crippen molar-refractivity contribution >= 4 is 29.0 Å². The van der Waals surface area contributed by atoms with E-state index >= 15 is 0 Å². The van der Waals surface area contributed by atoms with E-state index in [0.717, 1.165) is 24.0 Å². The van der Waals surface area contributed by atoms with Gasteiger partial charge in [0.05, 0.1) is 0 Å². The van der Waals surface area contributed by atoms with Crippen molar-refractivity contribution in [2.24, 2.45) is 0 Å². The molecule has 23 heavy (non-hydrogen) atoms. The van der Waals surface area contributed by atoms with Gasteiger partial charge in [0.25, 0.3) is 0 Å². The molecule has 0 unspecified atom stereocenters. The molecule has 1 saturated heterocycles. The van der Waals surface area contributed by atoms with Gasteiger partial charge < -0.3 is 16.0 Å². The Morgan fingerprint density at radius 1 is 1.22 bits per heavy atom. The van der Waals surface area contributed by atoms with Gasteiger partial charge in [-0.1, -0.05) is 12.1 Å². The van der Waals surface area contributed by atoms with E-state index in [1.165, 1.54) is 0 Å². The molecule has 0 bridgehead atoms. The van der Waals surface area contributed by atoms with Crippen molar-refractivity contribution in [3.63, 3.8) is 0 Å². The Morgan fingerprint density at radius 2 is 2.13 bits per heavy atom. The summed E-state index contributed by atoms with van der Waals surface area (Å²) < 4.78 is 0. The predicted octanol–water partition coefficient (Wildman–Crippen LogP) is 3.21. The first-order chi connectivity index (χ1) is 11.2. The highest BCUT2D eigenvalue weighted by atomic mass is 32.1. The molecule has 120 valence electrons. The molecular formula is C17H19N3O2S. The quantitative estimate of drug-likeness (QED) is 0.809. The molecule has 2 heterocycles. The molecule has 3 amide bonds. The van der Waals surface area contributed by atoms with E-state index in [1.807, 2.05) is 35.7 Å². The molecule has 0 aliphatic carbocycles. The fraction of sp³-hybridized carbons (Fsp3) is 0.294. The molecule has 6 heteroatoms. The Kier molecular flexibility index (Phi) is 4.92. The fourth-order valence-electron chi connectivity index (χ4n) is 2.61. The van der Waals surface area contributed by atoms with Crippen molar-refractivity contribution < 1.29 is 9.59 Å². The van der Waals surface area contributed by atoms with Gasteiger partial charge in [0.1, 0.15) is 6.04 Å². The zero-order valence-corrected chi connectivity index (χ0v) is 13.5. The molecule has 1 aromatic heterocycles. The van der Waals surface area contributed by atoms with Crippen LogP contribution in [0.4, 0.5) is 10.5 Å². The average molecular weight is 329 g/mol. The average Bonchev–Trinajstić information content (AvgIpc) is 3.01. The van der Waals surface area contributed by atoms with E-state index in [9.17, 15) is 9.59 Å². The van der Waals surface area contributed by atoms with Gasteiger partial charge in [0, 0.05) is 12.2 Å².